The van der Waals surface area contributed by atoms with Gasteiger partial charge in [-0.2, -0.15) is 0 Å². The third-order valence-corrected chi connectivity index (χ3v) is 2.41. The Morgan fingerprint density at radius 2 is 2.21 bits per heavy atom. The third-order valence-electron chi connectivity index (χ3n) is 2.41. The molecule has 4 heteroatoms. The molecule has 76 valence electrons. The van der Waals surface area contributed by atoms with Crippen molar-refractivity contribution in [2.45, 2.75) is 6.04 Å². The van der Waals surface area contributed by atoms with Crippen molar-refractivity contribution >= 4 is 0 Å². The standard InChI is InChI=1S/C10H13FN2O/c11-7-1-2-10(14)8(5-7)9-6-12-3-4-13-9/h1-2,5,9,12-14H,3-4,6H2. The number of aromatic hydroxyl groups is 1. The number of halogens is 1. The molecular formula is C10H13FN2O. The van der Waals surface area contributed by atoms with E-state index in [9.17, 15) is 9.50 Å². The number of nitrogens with one attached hydrogen (secondary N) is 2. The number of hydrogen-bond donors (Lipinski definition) is 3. The zero-order chi connectivity index (χ0) is 9.97. The zero-order valence-corrected chi connectivity index (χ0v) is 7.76. The van der Waals surface area contributed by atoms with Gasteiger partial charge in [0.05, 0.1) is 0 Å². The van der Waals surface area contributed by atoms with Crippen LogP contribution < -0.4 is 10.6 Å². The summed E-state index contributed by atoms with van der Waals surface area (Å²) in [5.41, 5.74) is 0.622. The van der Waals surface area contributed by atoms with Crippen LogP contribution in [-0.4, -0.2) is 24.7 Å². The van der Waals surface area contributed by atoms with Gasteiger partial charge in [0.1, 0.15) is 11.6 Å². The van der Waals surface area contributed by atoms with Crippen LogP contribution >= 0.6 is 0 Å². The molecule has 1 aliphatic rings. The number of rotatable bonds is 1. The quantitative estimate of drug-likeness (QED) is 0.621. The lowest BCUT2D eigenvalue weighted by Gasteiger charge is -2.25. The van der Waals surface area contributed by atoms with Gasteiger partial charge < -0.3 is 15.7 Å². The Labute approximate surface area is 81.9 Å². The minimum atomic E-state index is -0.315. The van der Waals surface area contributed by atoms with Gasteiger partial charge in [-0.05, 0) is 18.2 Å². The van der Waals surface area contributed by atoms with E-state index in [-0.39, 0.29) is 17.6 Å². The number of phenolic OH excluding ortho intramolecular Hbond substituents is 1. The maximum Gasteiger partial charge on any atom is 0.123 e. The summed E-state index contributed by atoms with van der Waals surface area (Å²) in [5, 5.41) is 16.0. The summed E-state index contributed by atoms with van der Waals surface area (Å²) in [6.07, 6.45) is 0. The van der Waals surface area contributed by atoms with Crippen LogP contribution in [0.15, 0.2) is 18.2 Å². The predicted molar refractivity (Wildman–Crippen MR) is 51.7 cm³/mol. The van der Waals surface area contributed by atoms with E-state index in [1.54, 1.807) is 0 Å². The van der Waals surface area contributed by atoms with Crippen molar-refractivity contribution < 1.29 is 9.50 Å². The molecule has 0 radical (unpaired) electrons. The van der Waals surface area contributed by atoms with Gasteiger partial charge >= 0.3 is 0 Å². The van der Waals surface area contributed by atoms with Crippen LogP contribution in [0.25, 0.3) is 0 Å². The maximum absolute atomic E-state index is 12.9. The molecular weight excluding hydrogens is 183 g/mol. The highest BCUT2D eigenvalue weighted by molar-refractivity contribution is 5.35. The lowest BCUT2D eigenvalue weighted by molar-refractivity contribution is 0.402. The largest absolute Gasteiger partial charge is 0.508 e. The molecule has 0 aliphatic carbocycles. The van der Waals surface area contributed by atoms with Crippen LogP contribution in [0, 0.1) is 5.82 Å². The molecule has 0 spiro atoms. The number of piperazine rings is 1. The molecule has 1 saturated heterocycles. The fraction of sp³-hybridized carbons (Fsp3) is 0.400. The number of phenols is 1. The molecule has 1 atom stereocenters. The van der Waals surface area contributed by atoms with Crippen molar-refractivity contribution in [3.63, 3.8) is 0 Å². The predicted octanol–water partition coefficient (Wildman–Crippen LogP) is 0.765. The molecule has 0 amide bonds. The van der Waals surface area contributed by atoms with Crippen LogP contribution in [0.3, 0.4) is 0 Å². The molecule has 1 aromatic carbocycles. The van der Waals surface area contributed by atoms with E-state index in [0.29, 0.717) is 5.56 Å². The average molecular weight is 196 g/mol. The van der Waals surface area contributed by atoms with Crippen LogP contribution in [0.1, 0.15) is 11.6 Å². The van der Waals surface area contributed by atoms with Crippen LogP contribution in [0.4, 0.5) is 4.39 Å². The van der Waals surface area contributed by atoms with Gasteiger partial charge in [-0.25, -0.2) is 4.39 Å². The first-order chi connectivity index (χ1) is 6.77. The fourth-order valence-corrected chi connectivity index (χ4v) is 1.68. The highest BCUT2D eigenvalue weighted by atomic mass is 19.1. The topological polar surface area (TPSA) is 44.3 Å². The SMILES string of the molecule is Oc1ccc(F)cc1C1CNCCN1. The minimum absolute atomic E-state index is 0.000509. The third kappa shape index (κ3) is 1.86. The van der Waals surface area contributed by atoms with Gasteiger partial charge in [0, 0.05) is 31.2 Å². The Morgan fingerprint density at radius 1 is 1.36 bits per heavy atom. The Kier molecular flexibility index (Phi) is 2.65. The van der Waals surface area contributed by atoms with E-state index in [4.69, 9.17) is 0 Å². The first-order valence-corrected chi connectivity index (χ1v) is 4.70. The second kappa shape index (κ2) is 3.94. The lowest BCUT2D eigenvalue weighted by Crippen LogP contribution is -2.42. The second-order valence-electron chi connectivity index (χ2n) is 3.41. The molecule has 14 heavy (non-hydrogen) atoms. The van der Waals surface area contributed by atoms with Crippen molar-refractivity contribution in [2.75, 3.05) is 19.6 Å². The molecule has 1 aliphatic heterocycles. The summed E-state index contributed by atoms with van der Waals surface area (Å²) in [6.45, 7) is 2.46. The number of benzene rings is 1. The van der Waals surface area contributed by atoms with Crippen LogP contribution in [0.2, 0.25) is 0 Å². The van der Waals surface area contributed by atoms with Crippen molar-refractivity contribution in [3.8, 4) is 5.75 Å². The van der Waals surface area contributed by atoms with Crippen molar-refractivity contribution in [2.24, 2.45) is 0 Å². The summed E-state index contributed by atoms with van der Waals surface area (Å²) in [5.74, 6) is -0.169. The van der Waals surface area contributed by atoms with E-state index >= 15 is 0 Å². The van der Waals surface area contributed by atoms with Crippen molar-refractivity contribution in [1.82, 2.24) is 10.6 Å². The monoisotopic (exact) mass is 196 g/mol. The van der Waals surface area contributed by atoms with Gasteiger partial charge in [-0.1, -0.05) is 0 Å². The smallest absolute Gasteiger partial charge is 0.123 e. The Balaban J connectivity index is 2.24. The molecule has 0 bridgehead atoms. The van der Waals surface area contributed by atoms with Gasteiger partial charge in [-0.15, -0.1) is 0 Å². The fourth-order valence-electron chi connectivity index (χ4n) is 1.68. The summed E-state index contributed by atoms with van der Waals surface area (Å²) in [7, 11) is 0. The summed E-state index contributed by atoms with van der Waals surface area (Å²) < 4.78 is 12.9. The molecule has 1 heterocycles. The second-order valence-corrected chi connectivity index (χ2v) is 3.41. The van der Waals surface area contributed by atoms with E-state index in [0.717, 1.165) is 19.6 Å². The maximum atomic E-state index is 12.9. The van der Waals surface area contributed by atoms with Gasteiger partial charge in [0.15, 0.2) is 0 Å². The van der Waals surface area contributed by atoms with E-state index in [1.807, 2.05) is 0 Å². The minimum Gasteiger partial charge on any atom is -0.508 e. The average Bonchev–Trinajstić information content (AvgIpc) is 2.23. The lowest BCUT2D eigenvalue weighted by atomic mass is 10.0. The normalized spacial score (nSPS) is 22.2. The molecule has 0 aromatic heterocycles. The van der Waals surface area contributed by atoms with Crippen molar-refractivity contribution in [3.05, 3.63) is 29.6 Å². The molecule has 3 N–H and O–H groups in total. The summed E-state index contributed by atoms with van der Waals surface area (Å²) in [6, 6.07) is 4.02. The van der Waals surface area contributed by atoms with Gasteiger partial charge in [-0.3, -0.25) is 0 Å². The Bertz CT molecular complexity index is 324. The van der Waals surface area contributed by atoms with Crippen LogP contribution in [-0.2, 0) is 0 Å². The first-order valence-electron chi connectivity index (χ1n) is 4.70. The summed E-state index contributed by atoms with van der Waals surface area (Å²) >= 11 is 0. The molecule has 2 rings (SSSR count). The molecule has 3 nitrogen and oxygen atoms in total. The number of hydrogen-bond acceptors (Lipinski definition) is 3. The van der Waals surface area contributed by atoms with E-state index in [1.165, 1.54) is 18.2 Å². The highest BCUT2D eigenvalue weighted by Crippen LogP contribution is 2.25. The molecule has 1 fully saturated rings. The van der Waals surface area contributed by atoms with E-state index < -0.39 is 0 Å². The zero-order valence-electron chi connectivity index (χ0n) is 7.76. The summed E-state index contributed by atoms with van der Waals surface area (Å²) in [4.78, 5) is 0. The Hall–Kier alpha value is -1.13. The highest BCUT2D eigenvalue weighted by Gasteiger charge is 2.17. The van der Waals surface area contributed by atoms with Crippen molar-refractivity contribution in [1.29, 1.82) is 0 Å². The molecule has 1 unspecified atom stereocenters. The first kappa shape index (κ1) is 9.43. The Morgan fingerprint density at radius 3 is 2.93 bits per heavy atom. The van der Waals surface area contributed by atoms with Crippen LogP contribution in [0.5, 0.6) is 5.75 Å². The van der Waals surface area contributed by atoms with Gasteiger partial charge in [0.25, 0.3) is 0 Å². The van der Waals surface area contributed by atoms with E-state index in [2.05, 4.69) is 10.6 Å². The molecule has 1 aromatic rings. The van der Waals surface area contributed by atoms with Gasteiger partial charge in [0.2, 0.25) is 0 Å². The molecule has 0 saturated carbocycles.